The Balaban J connectivity index is 0.00000392. The lowest BCUT2D eigenvalue weighted by Gasteiger charge is -2.24. The van der Waals surface area contributed by atoms with Crippen molar-refractivity contribution in [2.75, 3.05) is 20.2 Å². The van der Waals surface area contributed by atoms with Gasteiger partial charge in [-0.2, -0.15) is 0 Å². The molecule has 2 aromatic rings. The lowest BCUT2D eigenvalue weighted by molar-refractivity contribution is 0.0601. The summed E-state index contributed by atoms with van der Waals surface area (Å²) >= 11 is 0. The number of hydrogen-bond donors (Lipinski definition) is 3. The summed E-state index contributed by atoms with van der Waals surface area (Å²) in [6, 6.07) is 6.58. The quantitative estimate of drug-likeness (QED) is 0.305. The molecular weight excluding hydrogens is 476 g/mol. The van der Waals surface area contributed by atoms with Gasteiger partial charge in [0, 0.05) is 12.1 Å². The fraction of sp³-hybridized carbons (Fsp3) is 0.450. The molecule has 156 valence electrons. The minimum Gasteiger partial charge on any atom is -0.494 e. The van der Waals surface area contributed by atoms with Gasteiger partial charge in [-0.3, -0.25) is 0 Å². The Hall–Kier alpha value is -1.81. The molecule has 3 N–H and O–H groups in total. The highest BCUT2D eigenvalue weighted by Gasteiger charge is 2.27. The lowest BCUT2D eigenvalue weighted by Crippen LogP contribution is -2.44. The van der Waals surface area contributed by atoms with Gasteiger partial charge in [0.05, 0.1) is 20.2 Å². The molecule has 0 spiro atoms. The molecule has 0 aliphatic carbocycles. The summed E-state index contributed by atoms with van der Waals surface area (Å²) in [6.07, 6.45) is 0. The van der Waals surface area contributed by atoms with Crippen LogP contribution in [0.4, 0.5) is 4.39 Å². The van der Waals surface area contributed by atoms with Crippen molar-refractivity contribution >= 4 is 29.9 Å². The molecule has 0 fully saturated rings. The van der Waals surface area contributed by atoms with Gasteiger partial charge in [0.2, 0.25) is 0 Å². The number of furan rings is 1. The Morgan fingerprint density at radius 2 is 2.00 bits per heavy atom. The molecule has 0 radical (unpaired) electrons. The van der Waals surface area contributed by atoms with E-state index in [4.69, 9.17) is 9.15 Å². The molecule has 0 bridgehead atoms. The van der Waals surface area contributed by atoms with Crippen LogP contribution in [-0.2, 0) is 12.1 Å². The van der Waals surface area contributed by atoms with Crippen molar-refractivity contribution in [3.8, 4) is 5.75 Å². The first-order valence-corrected chi connectivity index (χ1v) is 8.91. The fourth-order valence-electron chi connectivity index (χ4n) is 2.84. The molecule has 1 aromatic carbocycles. The van der Waals surface area contributed by atoms with Crippen LogP contribution >= 0.6 is 24.0 Å². The monoisotopic (exact) mass is 505 g/mol. The molecule has 1 heterocycles. The van der Waals surface area contributed by atoms with E-state index >= 15 is 0 Å². The molecule has 0 saturated carbocycles. The lowest BCUT2D eigenvalue weighted by atomic mass is 9.96. The van der Waals surface area contributed by atoms with Gasteiger partial charge in [0.15, 0.2) is 17.5 Å². The number of aliphatic imine (C=N–C) groups is 1. The number of methoxy groups -OCH3 is 1. The number of nitrogens with one attached hydrogen (secondary N) is 2. The molecule has 8 heteroatoms. The zero-order valence-electron chi connectivity index (χ0n) is 16.9. The molecule has 1 aromatic heterocycles. The van der Waals surface area contributed by atoms with Gasteiger partial charge in [-0.15, -0.1) is 24.0 Å². The van der Waals surface area contributed by atoms with E-state index in [0.717, 1.165) is 16.9 Å². The molecule has 1 atom stereocenters. The number of halogens is 2. The summed E-state index contributed by atoms with van der Waals surface area (Å²) in [7, 11) is 1.43. The van der Waals surface area contributed by atoms with Crippen LogP contribution in [0, 0.1) is 19.7 Å². The van der Waals surface area contributed by atoms with E-state index in [1.807, 2.05) is 26.8 Å². The Morgan fingerprint density at radius 1 is 1.29 bits per heavy atom. The van der Waals surface area contributed by atoms with Gasteiger partial charge in [-0.25, -0.2) is 9.38 Å². The van der Waals surface area contributed by atoms with Crippen LogP contribution in [0.3, 0.4) is 0 Å². The van der Waals surface area contributed by atoms with Gasteiger partial charge in [-0.05, 0) is 51.5 Å². The Morgan fingerprint density at radius 3 is 2.54 bits per heavy atom. The van der Waals surface area contributed by atoms with Crippen molar-refractivity contribution in [3.63, 3.8) is 0 Å². The molecule has 0 aliphatic heterocycles. The van der Waals surface area contributed by atoms with E-state index in [1.54, 1.807) is 19.1 Å². The second-order valence-corrected chi connectivity index (χ2v) is 6.62. The smallest absolute Gasteiger partial charge is 0.191 e. The van der Waals surface area contributed by atoms with Crippen molar-refractivity contribution in [3.05, 3.63) is 52.7 Å². The second-order valence-electron chi connectivity index (χ2n) is 6.62. The molecule has 0 amide bonds. The van der Waals surface area contributed by atoms with E-state index < -0.39 is 11.4 Å². The first kappa shape index (κ1) is 24.2. The molecular formula is C20H29FIN3O3. The van der Waals surface area contributed by atoms with Crippen molar-refractivity contribution in [2.24, 2.45) is 4.99 Å². The summed E-state index contributed by atoms with van der Waals surface area (Å²) in [5.41, 5.74) is 0.337. The number of aliphatic hydroxyl groups is 1. The molecule has 0 saturated heterocycles. The maximum Gasteiger partial charge on any atom is 0.191 e. The summed E-state index contributed by atoms with van der Waals surface area (Å²) < 4.78 is 24.2. The SMILES string of the molecule is CCNC(=NCc1ccc(OC)c(F)c1)NCC(C)(O)c1cc(C)oc1C.I. The molecule has 6 nitrogen and oxygen atoms in total. The van der Waals surface area contributed by atoms with Crippen LogP contribution in [0.25, 0.3) is 0 Å². The Bertz CT molecular complexity index is 806. The standard InChI is InChI=1S/C20H28FN3O3.HI/c1-6-22-19(23-11-15-7-8-18(26-5)17(21)10-15)24-12-20(4,25)16-9-13(2)27-14(16)3;/h7-10,25H,6,11-12H2,1-5H3,(H2,22,23,24);1H. The number of benzene rings is 1. The third-order valence-electron chi connectivity index (χ3n) is 4.20. The van der Waals surface area contributed by atoms with Gasteiger partial charge in [0.1, 0.15) is 17.1 Å². The number of rotatable bonds is 7. The van der Waals surface area contributed by atoms with E-state index in [0.29, 0.717) is 24.8 Å². The van der Waals surface area contributed by atoms with Crippen LogP contribution in [0.2, 0.25) is 0 Å². The van der Waals surface area contributed by atoms with Gasteiger partial charge < -0.3 is 24.9 Å². The predicted molar refractivity (Wildman–Crippen MR) is 119 cm³/mol. The second kappa shape index (κ2) is 10.7. The Labute approximate surface area is 182 Å². The van der Waals surface area contributed by atoms with E-state index in [2.05, 4.69) is 15.6 Å². The predicted octanol–water partition coefficient (Wildman–Crippen LogP) is 3.62. The number of guanidine groups is 1. The Kier molecular flexibility index (Phi) is 9.22. The normalized spacial score (nSPS) is 13.5. The van der Waals surface area contributed by atoms with Crippen LogP contribution in [0.1, 0.15) is 36.5 Å². The highest BCUT2D eigenvalue weighted by Crippen LogP contribution is 2.26. The molecule has 1 unspecified atom stereocenters. The fourth-order valence-corrected chi connectivity index (χ4v) is 2.84. The average molecular weight is 505 g/mol. The number of aryl methyl sites for hydroxylation is 2. The van der Waals surface area contributed by atoms with Crippen LogP contribution in [0.15, 0.2) is 33.7 Å². The van der Waals surface area contributed by atoms with Crippen LogP contribution in [0.5, 0.6) is 5.75 Å². The third kappa shape index (κ3) is 6.37. The van der Waals surface area contributed by atoms with E-state index in [1.165, 1.54) is 13.2 Å². The van der Waals surface area contributed by atoms with Crippen molar-refractivity contribution < 1.29 is 18.7 Å². The van der Waals surface area contributed by atoms with Crippen LogP contribution < -0.4 is 15.4 Å². The number of hydrogen-bond acceptors (Lipinski definition) is 4. The summed E-state index contributed by atoms with van der Waals surface area (Å²) in [6.45, 7) is 8.55. The zero-order valence-corrected chi connectivity index (χ0v) is 19.3. The largest absolute Gasteiger partial charge is 0.494 e. The molecule has 28 heavy (non-hydrogen) atoms. The van der Waals surface area contributed by atoms with E-state index in [9.17, 15) is 9.50 Å². The maximum atomic E-state index is 13.8. The number of ether oxygens (including phenoxy) is 1. The van der Waals surface area contributed by atoms with Gasteiger partial charge in [-0.1, -0.05) is 6.07 Å². The zero-order chi connectivity index (χ0) is 20.0. The average Bonchev–Trinajstić information content (AvgIpc) is 2.97. The third-order valence-corrected chi connectivity index (χ3v) is 4.20. The van der Waals surface area contributed by atoms with Crippen LogP contribution in [-0.4, -0.2) is 31.3 Å². The topological polar surface area (TPSA) is 79.0 Å². The van der Waals surface area contributed by atoms with E-state index in [-0.39, 0.29) is 36.3 Å². The number of nitrogens with zero attached hydrogens (tertiary/aromatic N) is 1. The molecule has 0 aliphatic rings. The van der Waals surface area contributed by atoms with Crippen molar-refractivity contribution in [1.82, 2.24) is 10.6 Å². The summed E-state index contributed by atoms with van der Waals surface area (Å²) in [5.74, 6) is 1.76. The minimum atomic E-state index is -1.12. The van der Waals surface area contributed by atoms with Crippen molar-refractivity contribution in [1.29, 1.82) is 0 Å². The van der Waals surface area contributed by atoms with Crippen molar-refractivity contribution in [2.45, 2.75) is 39.8 Å². The highest BCUT2D eigenvalue weighted by atomic mass is 127. The minimum absolute atomic E-state index is 0. The first-order chi connectivity index (χ1) is 12.8. The molecule has 2 rings (SSSR count). The summed E-state index contributed by atoms with van der Waals surface area (Å²) in [5, 5.41) is 17.1. The van der Waals surface area contributed by atoms with Gasteiger partial charge >= 0.3 is 0 Å². The first-order valence-electron chi connectivity index (χ1n) is 8.91. The highest BCUT2D eigenvalue weighted by molar-refractivity contribution is 14.0. The summed E-state index contributed by atoms with van der Waals surface area (Å²) in [4.78, 5) is 4.46. The maximum absolute atomic E-state index is 13.8. The van der Waals surface area contributed by atoms with Gasteiger partial charge in [0.25, 0.3) is 0 Å².